The van der Waals surface area contributed by atoms with Crippen LogP contribution in [0.2, 0.25) is 0 Å². The molecule has 17 heavy (non-hydrogen) atoms. The number of hydrogen-bond donors (Lipinski definition) is 0. The summed E-state index contributed by atoms with van der Waals surface area (Å²) in [6, 6.07) is 2.22. The van der Waals surface area contributed by atoms with Gasteiger partial charge in [0.05, 0.1) is 24.2 Å². The third-order valence-electron chi connectivity index (χ3n) is 3.38. The lowest BCUT2D eigenvalue weighted by molar-refractivity contribution is -0.128. The van der Waals surface area contributed by atoms with Crippen molar-refractivity contribution in [3.05, 3.63) is 18.0 Å². The van der Waals surface area contributed by atoms with Gasteiger partial charge in [0.25, 0.3) is 0 Å². The first-order chi connectivity index (χ1) is 8.07. The van der Waals surface area contributed by atoms with Gasteiger partial charge in [0.1, 0.15) is 0 Å². The Bertz CT molecular complexity index is 473. The van der Waals surface area contributed by atoms with Crippen molar-refractivity contribution in [2.45, 2.75) is 32.2 Å². The molecule has 1 saturated heterocycles. The Balaban J connectivity index is 2.29. The molecule has 90 valence electrons. The Morgan fingerprint density at radius 1 is 1.71 bits per heavy atom. The quantitative estimate of drug-likeness (QED) is 0.765. The van der Waals surface area contributed by atoms with E-state index < -0.39 is 0 Å². The molecule has 0 spiro atoms. The fraction of sp³-hybridized carbons (Fsp3) is 0.583. The van der Waals surface area contributed by atoms with Crippen LogP contribution in [-0.4, -0.2) is 33.7 Å². The summed E-state index contributed by atoms with van der Waals surface area (Å²) in [6.07, 6.45) is 4.91. The number of aromatic nitrogens is 2. The summed E-state index contributed by atoms with van der Waals surface area (Å²) < 4.78 is 1.86. The van der Waals surface area contributed by atoms with E-state index >= 15 is 0 Å². The smallest absolute Gasteiger partial charge is 0.219 e. The van der Waals surface area contributed by atoms with Crippen LogP contribution in [-0.2, 0) is 10.3 Å². The van der Waals surface area contributed by atoms with Crippen LogP contribution in [0.1, 0.15) is 25.3 Å². The van der Waals surface area contributed by atoms with Crippen molar-refractivity contribution in [3.8, 4) is 6.07 Å². The van der Waals surface area contributed by atoms with Crippen molar-refractivity contribution in [1.82, 2.24) is 14.7 Å². The minimum atomic E-state index is -0.339. The van der Waals surface area contributed by atoms with Gasteiger partial charge >= 0.3 is 0 Å². The Hall–Kier alpha value is -1.83. The first-order valence-corrected chi connectivity index (χ1v) is 5.72. The zero-order valence-electron chi connectivity index (χ0n) is 10.2. The molecule has 1 aromatic heterocycles. The van der Waals surface area contributed by atoms with E-state index in [9.17, 15) is 4.79 Å². The van der Waals surface area contributed by atoms with Gasteiger partial charge in [0.2, 0.25) is 5.91 Å². The number of nitrogens with zero attached hydrogens (tertiary/aromatic N) is 4. The van der Waals surface area contributed by atoms with Gasteiger partial charge in [-0.2, -0.15) is 10.4 Å². The molecule has 0 radical (unpaired) electrons. The number of hydrogen-bond acceptors (Lipinski definition) is 3. The Labute approximate surface area is 101 Å². The minimum absolute atomic E-state index is 0.0636. The number of nitriles is 1. The van der Waals surface area contributed by atoms with E-state index in [0.717, 1.165) is 12.0 Å². The Kier molecular flexibility index (Phi) is 2.88. The molecule has 1 atom stereocenters. The van der Waals surface area contributed by atoms with E-state index in [1.807, 2.05) is 17.8 Å². The average Bonchev–Trinajstić information content (AvgIpc) is 2.86. The number of aryl methyl sites for hydroxylation is 1. The average molecular weight is 232 g/mol. The highest BCUT2D eigenvalue weighted by atomic mass is 16.2. The highest BCUT2D eigenvalue weighted by Gasteiger charge is 2.41. The lowest BCUT2D eigenvalue weighted by Crippen LogP contribution is -2.38. The van der Waals surface area contributed by atoms with Crippen molar-refractivity contribution < 1.29 is 4.79 Å². The summed E-state index contributed by atoms with van der Waals surface area (Å²) in [6.45, 7) is 4.82. The highest BCUT2D eigenvalue weighted by Crippen LogP contribution is 2.32. The van der Waals surface area contributed by atoms with Gasteiger partial charge in [0.15, 0.2) is 0 Å². The Morgan fingerprint density at radius 3 is 2.94 bits per heavy atom. The number of carbonyl (C=O) groups excluding carboxylic acids is 1. The van der Waals surface area contributed by atoms with Crippen LogP contribution >= 0.6 is 0 Å². The number of rotatable bonds is 2. The minimum Gasteiger partial charge on any atom is -0.340 e. The van der Waals surface area contributed by atoms with Gasteiger partial charge in [-0.05, 0) is 18.9 Å². The zero-order chi connectivity index (χ0) is 12.5. The molecule has 2 heterocycles. The number of amides is 1. The fourth-order valence-electron chi connectivity index (χ4n) is 2.36. The fourth-order valence-corrected chi connectivity index (χ4v) is 2.36. The van der Waals surface area contributed by atoms with E-state index in [4.69, 9.17) is 5.26 Å². The summed E-state index contributed by atoms with van der Waals surface area (Å²) in [4.78, 5) is 13.2. The molecule has 5 nitrogen and oxygen atoms in total. The largest absolute Gasteiger partial charge is 0.340 e. The highest BCUT2D eigenvalue weighted by molar-refractivity contribution is 5.73. The maximum absolute atomic E-state index is 11.4. The van der Waals surface area contributed by atoms with Gasteiger partial charge in [-0.15, -0.1) is 0 Å². The van der Waals surface area contributed by atoms with Crippen LogP contribution in [0.15, 0.2) is 12.4 Å². The summed E-state index contributed by atoms with van der Waals surface area (Å²) >= 11 is 0. The predicted octanol–water partition coefficient (Wildman–Crippen LogP) is 1.05. The van der Waals surface area contributed by atoms with Crippen LogP contribution in [0.3, 0.4) is 0 Å². The second kappa shape index (κ2) is 4.21. The van der Waals surface area contributed by atoms with E-state index in [2.05, 4.69) is 11.2 Å². The van der Waals surface area contributed by atoms with Gasteiger partial charge in [-0.25, -0.2) is 0 Å². The molecule has 1 amide bonds. The van der Waals surface area contributed by atoms with Crippen molar-refractivity contribution >= 4 is 5.91 Å². The molecule has 1 aromatic rings. The monoisotopic (exact) mass is 232 g/mol. The summed E-state index contributed by atoms with van der Waals surface area (Å²) in [7, 11) is 0. The normalized spacial score (nSPS) is 23.7. The molecule has 0 saturated carbocycles. The SMILES string of the molecule is CC(=O)N1CCC(CC#N)(n2cc(C)cn2)C1. The predicted molar refractivity (Wildman–Crippen MR) is 62.0 cm³/mol. The van der Waals surface area contributed by atoms with E-state index in [0.29, 0.717) is 19.5 Å². The first kappa shape index (κ1) is 11.6. The second-order valence-electron chi connectivity index (χ2n) is 4.71. The summed E-state index contributed by atoms with van der Waals surface area (Å²) in [5.41, 5.74) is 0.734. The first-order valence-electron chi connectivity index (χ1n) is 5.72. The molecule has 5 heteroatoms. The van der Waals surface area contributed by atoms with Gasteiger partial charge in [-0.1, -0.05) is 0 Å². The standard InChI is InChI=1S/C12H16N4O/c1-10-7-14-16(8-10)12(3-5-13)4-6-15(9-12)11(2)17/h7-8H,3-4,6,9H2,1-2H3. The van der Waals surface area contributed by atoms with Crippen LogP contribution in [0, 0.1) is 18.3 Å². The van der Waals surface area contributed by atoms with Crippen molar-refractivity contribution in [3.63, 3.8) is 0 Å². The molecule has 2 rings (SSSR count). The van der Waals surface area contributed by atoms with Crippen molar-refractivity contribution in [2.24, 2.45) is 0 Å². The van der Waals surface area contributed by atoms with Crippen molar-refractivity contribution in [1.29, 1.82) is 5.26 Å². The third kappa shape index (κ3) is 2.03. The summed E-state index contributed by atoms with van der Waals surface area (Å²) in [5.74, 6) is 0.0636. The van der Waals surface area contributed by atoms with Crippen LogP contribution < -0.4 is 0 Å². The second-order valence-corrected chi connectivity index (χ2v) is 4.71. The van der Waals surface area contributed by atoms with E-state index in [-0.39, 0.29) is 11.4 Å². The van der Waals surface area contributed by atoms with Gasteiger partial charge < -0.3 is 4.90 Å². The molecular weight excluding hydrogens is 216 g/mol. The molecule has 0 aliphatic carbocycles. The molecule has 1 aliphatic heterocycles. The number of likely N-dealkylation sites (tertiary alicyclic amines) is 1. The molecule has 0 aromatic carbocycles. The Morgan fingerprint density at radius 2 is 2.47 bits per heavy atom. The molecule has 1 aliphatic rings. The molecule has 0 bridgehead atoms. The molecule has 0 N–H and O–H groups in total. The maximum atomic E-state index is 11.4. The van der Waals surface area contributed by atoms with Crippen molar-refractivity contribution in [2.75, 3.05) is 13.1 Å². The molecule has 1 unspecified atom stereocenters. The van der Waals surface area contributed by atoms with Crippen LogP contribution in [0.25, 0.3) is 0 Å². The topological polar surface area (TPSA) is 61.9 Å². The summed E-state index contributed by atoms with van der Waals surface area (Å²) in [5, 5.41) is 13.3. The zero-order valence-corrected chi connectivity index (χ0v) is 10.2. The lowest BCUT2D eigenvalue weighted by atomic mass is 9.95. The lowest BCUT2D eigenvalue weighted by Gasteiger charge is -2.27. The van der Waals surface area contributed by atoms with Crippen LogP contribution in [0.4, 0.5) is 0 Å². The van der Waals surface area contributed by atoms with E-state index in [1.165, 1.54) is 0 Å². The third-order valence-corrected chi connectivity index (χ3v) is 3.38. The molecular formula is C12H16N4O. The van der Waals surface area contributed by atoms with Crippen LogP contribution in [0.5, 0.6) is 0 Å². The molecule has 1 fully saturated rings. The van der Waals surface area contributed by atoms with Gasteiger partial charge in [0, 0.05) is 26.2 Å². The maximum Gasteiger partial charge on any atom is 0.219 e. The number of carbonyl (C=O) groups is 1. The van der Waals surface area contributed by atoms with E-state index in [1.54, 1.807) is 18.0 Å². The van der Waals surface area contributed by atoms with Gasteiger partial charge in [-0.3, -0.25) is 9.48 Å².